The number of hydrogen-bond donors (Lipinski definition) is 2. The quantitative estimate of drug-likeness (QED) is 0.236. The fourth-order valence-corrected chi connectivity index (χ4v) is 4.38. The molecule has 0 aliphatic carbocycles. The number of nitrogens with two attached hydrogens (primary N) is 1. The molecule has 16 heteroatoms. The van der Waals surface area contributed by atoms with Gasteiger partial charge in [0.05, 0.1) is 32.1 Å². The number of allylic oxidation sites excluding steroid dienone is 1. The Morgan fingerprint density at radius 1 is 0.950 bits per heavy atom. The first kappa shape index (κ1) is 33.6. The molecule has 0 saturated heterocycles. The summed E-state index contributed by atoms with van der Waals surface area (Å²) in [6.45, 7) is 1.91. The number of halogens is 12. The van der Waals surface area contributed by atoms with E-state index in [2.05, 4.69) is 0 Å². The maximum Gasteiger partial charge on any atom is 0.471 e. The Labute approximate surface area is 236 Å². The van der Waals surface area contributed by atoms with Gasteiger partial charge < -0.3 is 11.1 Å². The number of alkyl halides is 9. The summed E-state index contributed by atoms with van der Waals surface area (Å²) < 4.78 is 123. The van der Waals surface area contributed by atoms with Crippen molar-refractivity contribution in [3.05, 3.63) is 73.2 Å². The molecule has 0 fully saturated rings. The molecular weight excluding hydrogens is 626 g/mol. The van der Waals surface area contributed by atoms with Crippen LogP contribution in [0.5, 0.6) is 0 Å². The van der Waals surface area contributed by atoms with Gasteiger partial charge in [0.25, 0.3) is 0 Å². The second-order valence-corrected chi connectivity index (χ2v) is 10.3. The van der Waals surface area contributed by atoms with Crippen LogP contribution >= 0.6 is 34.8 Å². The molecule has 4 nitrogen and oxygen atoms in total. The number of primary amides is 1. The Balaban J connectivity index is 2.78. The molecular formula is C24H18Cl3F9N2O2. The van der Waals surface area contributed by atoms with Crippen LogP contribution in [0.3, 0.4) is 0 Å². The van der Waals surface area contributed by atoms with E-state index in [1.807, 2.05) is 0 Å². The zero-order chi connectivity index (χ0) is 31.0. The van der Waals surface area contributed by atoms with Crippen molar-refractivity contribution in [3.63, 3.8) is 0 Å². The molecule has 2 rings (SSSR count). The second kappa shape index (κ2) is 11.7. The maximum absolute atomic E-state index is 14.1. The van der Waals surface area contributed by atoms with E-state index >= 15 is 0 Å². The minimum absolute atomic E-state index is 0.237. The molecule has 2 aromatic carbocycles. The van der Waals surface area contributed by atoms with Gasteiger partial charge in [-0.1, -0.05) is 53.0 Å². The van der Waals surface area contributed by atoms with Crippen LogP contribution < -0.4 is 11.1 Å². The van der Waals surface area contributed by atoms with Gasteiger partial charge in [-0.3, -0.25) is 9.59 Å². The lowest BCUT2D eigenvalue weighted by atomic mass is 9.85. The first-order valence-electron chi connectivity index (χ1n) is 10.8. The van der Waals surface area contributed by atoms with E-state index in [1.165, 1.54) is 5.32 Å². The Morgan fingerprint density at radius 3 is 1.90 bits per heavy atom. The number of rotatable bonds is 7. The summed E-state index contributed by atoms with van der Waals surface area (Å²) in [4.78, 5) is 23.3. The molecule has 0 aliphatic heterocycles. The first-order chi connectivity index (χ1) is 18.0. The molecule has 220 valence electrons. The summed E-state index contributed by atoms with van der Waals surface area (Å²) in [7, 11) is 0. The van der Waals surface area contributed by atoms with E-state index in [1.54, 1.807) is 0 Å². The zero-order valence-corrected chi connectivity index (χ0v) is 22.4. The average molecular weight is 644 g/mol. The van der Waals surface area contributed by atoms with Gasteiger partial charge in [-0.15, -0.1) is 0 Å². The van der Waals surface area contributed by atoms with Crippen molar-refractivity contribution in [2.75, 3.05) is 0 Å². The van der Waals surface area contributed by atoms with Gasteiger partial charge in [-0.2, -0.15) is 39.5 Å². The average Bonchev–Trinajstić information content (AvgIpc) is 2.74. The zero-order valence-electron chi connectivity index (χ0n) is 20.2. The monoisotopic (exact) mass is 642 g/mol. The molecule has 2 aromatic rings. The fraction of sp³-hybridized carbons (Fsp3) is 0.333. The summed E-state index contributed by atoms with van der Waals surface area (Å²) in [6.07, 6.45) is -15.6. The van der Waals surface area contributed by atoms with Crippen LogP contribution in [-0.4, -0.2) is 29.7 Å². The van der Waals surface area contributed by atoms with E-state index in [9.17, 15) is 49.1 Å². The second-order valence-electron chi connectivity index (χ2n) is 9.11. The summed E-state index contributed by atoms with van der Waals surface area (Å²) in [6, 6.07) is 3.17. The third-order valence-corrected chi connectivity index (χ3v) is 6.61. The van der Waals surface area contributed by atoms with E-state index < -0.39 is 76.0 Å². The van der Waals surface area contributed by atoms with Crippen molar-refractivity contribution in [3.8, 4) is 0 Å². The van der Waals surface area contributed by atoms with Crippen molar-refractivity contribution < 1.29 is 49.1 Å². The van der Waals surface area contributed by atoms with Crippen molar-refractivity contribution in [2.24, 2.45) is 5.73 Å². The van der Waals surface area contributed by atoms with E-state index in [0.717, 1.165) is 32.0 Å². The topological polar surface area (TPSA) is 72.2 Å². The summed E-state index contributed by atoms with van der Waals surface area (Å²) in [5.74, 6) is -6.50. The fourth-order valence-electron chi connectivity index (χ4n) is 3.77. The van der Waals surface area contributed by atoms with Crippen LogP contribution in [0.1, 0.15) is 52.4 Å². The van der Waals surface area contributed by atoms with Gasteiger partial charge in [-0.25, -0.2) is 0 Å². The number of carbonyl (C=O) groups excluding carboxylic acids is 2. The van der Waals surface area contributed by atoms with Crippen molar-refractivity contribution in [2.45, 2.75) is 50.3 Å². The number of amides is 2. The number of nitrogens with one attached hydrogen (secondary N) is 1. The Hall–Kier alpha value is -2.64. The number of carbonyl (C=O) groups is 2. The van der Waals surface area contributed by atoms with Crippen molar-refractivity contribution >= 4 is 52.7 Å². The predicted octanol–water partition coefficient (Wildman–Crippen LogP) is 8.12. The lowest BCUT2D eigenvalue weighted by Crippen LogP contribution is -2.50. The van der Waals surface area contributed by atoms with Gasteiger partial charge >= 0.3 is 24.4 Å². The van der Waals surface area contributed by atoms with E-state index in [-0.39, 0.29) is 15.1 Å². The van der Waals surface area contributed by atoms with Crippen LogP contribution in [0.25, 0.3) is 6.08 Å². The van der Waals surface area contributed by atoms with Gasteiger partial charge in [0, 0.05) is 5.54 Å². The van der Waals surface area contributed by atoms with Crippen molar-refractivity contribution in [1.82, 2.24) is 5.32 Å². The van der Waals surface area contributed by atoms with Gasteiger partial charge in [0.2, 0.25) is 5.91 Å². The standard InChI is InChI=1S/C24H18Cl3F9N2O2/c1-21(2,38-20(40)24(34,35)36)9-13-10(3-5-12(19(37)39)17(13)23(31,32)33)4-6-14(22(28,29)30)11-7-15(25)18(27)16(26)8-11/h3-8,14H,9H2,1-2H3,(H2,37,39)(H,38,40)/b6-4+. The molecule has 3 N–H and O–H groups in total. The van der Waals surface area contributed by atoms with Gasteiger partial charge in [0.15, 0.2) is 0 Å². The predicted molar refractivity (Wildman–Crippen MR) is 131 cm³/mol. The smallest absolute Gasteiger partial charge is 0.366 e. The van der Waals surface area contributed by atoms with Crippen LogP contribution in [0, 0.1) is 0 Å². The Morgan fingerprint density at radius 2 is 1.48 bits per heavy atom. The normalized spacial score (nSPS) is 13.9. The Kier molecular flexibility index (Phi) is 9.81. The largest absolute Gasteiger partial charge is 0.471 e. The Bertz CT molecular complexity index is 1310. The van der Waals surface area contributed by atoms with Crippen LogP contribution in [0.2, 0.25) is 15.1 Å². The molecule has 0 aromatic heterocycles. The molecule has 0 saturated carbocycles. The molecule has 1 atom stereocenters. The van der Waals surface area contributed by atoms with E-state index in [0.29, 0.717) is 18.2 Å². The van der Waals surface area contributed by atoms with Crippen molar-refractivity contribution in [1.29, 1.82) is 0 Å². The number of hydrogen-bond acceptors (Lipinski definition) is 2. The summed E-state index contributed by atoms with van der Waals surface area (Å²) in [5, 5.41) is 0.635. The highest BCUT2D eigenvalue weighted by atomic mass is 35.5. The summed E-state index contributed by atoms with van der Waals surface area (Å²) >= 11 is 17.4. The SMILES string of the molecule is CC(C)(Cc1c(/C=C/C(c2cc(Cl)c(Cl)c(Cl)c2)C(F)(F)F)ccc(C(N)=O)c1C(F)(F)F)NC(=O)C(F)(F)F. The summed E-state index contributed by atoms with van der Waals surface area (Å²) in [5.41, 5.74) is -1.69. The van der Waals surface area contributed by atoms with E-state index in [4.69, 9.17) is 40.5 Å². The molecule has 1 unspecified atom stereocenters. The molecule has 0 heterocycles. The first-order valence-corrected chi connectivity index (χ1v) is 11.9. The highest BCUT2D eigenvalue weighted by Gasteiger charge is 2.44. The molecule has 40 heavy (non-hydrogen) atoms. The molecule has 0 aliphatic rings. The van der Waals surface area contributed by atoms with Crippen LogP contribution in [0.15, 0.2) is 30.3 Å². The molecule has 0 radical (unpaired) electrons. The maximum atomic E-state index is 14.1. The molecule has 2 amide bonds. The lowest BCUT2D eigenvalue weighted by molar-refractivity contribution is -0.175. The van der Waals surface area contributed by atoms with Gasteiger partial charge in [-0.05, 0) is 55.2 Å². The minimum Gasteiger partial charge on any atom is -0.366 e. The highest BCUT2D eigenvalue weighted by molar-refractivity contribution is 6.48. The third-order valence-electron chi connectivity index (χ3n) is 5.41. The molecule has 0 bridgehead atoms. The minimum atomic E-state index is -5.39. The highest BCUT2D eigenvalue weighted by Crippen LogP contribution is 2.42. The van der Waals surface area contributed by atoms with Crippen LogP contribution in [-0.2, 0) is 17.4 Å². The number of benzene rings is 2. The van der Waals surface area contributed by atoms with Gasteiger partial charge in [0.1, 0.15) is 0 Å². The molecule has 0 spiro atoms. The lowest BCUT2D eigenvalue weighted by Gasteiger charge is -2.30. The van der Waals surface area contributed by atoms with Crippen LogP contribution in [0.4, 0.5) is 39.5 Å². The third kappa shape index (κ3) is 8.20.